The van der Waals surface area contributed by atoms with E-state index in [1.165, 1.54) is 30.7 Å². The van der Waals surface area contributed by atoms with E-state index in [4.69, 9.17) is 15.2 Å². The summed E-state index contributed by atoms with van der Waals surface area (Å²) in [6, 6.07) is 20.8. The molecule has 1 aliphatic heterocycles. The van der Waals surface area contributed by atoms with Crippen LogP contribution in [0.15, 0.2) is 66.7 Å². The highest BCUT2D eigenvalue weighted by Gasteiger charge is 2.14. The van der Waals surface area contributed by atoms with Crippen LogP contribution in [0.1, 0.15) is 26.3 Å². The van der Waals surface area contributed by atoms with Crippen LogP contribution in [0.3, 0.4) is 0 Å². The van der Waals surface area contributed by atoms with E-state index in [9.17, 15) is 9.59 Å². The van der Waals surface area contributed by atoms with E-state index < -0.39 is 11.9 Å². The van der Waals surface area contributed by atoms with Crippen molar-refractivity contribution in [2.45, 2.75) is 6.92 Å². The third kappa shape index (κ3) is 5.67. The molecule has 7 heteroatoms. The topological polar surface area (TPSA) is 103 Å². The van der Waals surface area contributed by atoms with Crippen LogP contribution in [0.4, 0.5) is 5.82 Å². The lowest BCUT2D eigenvalue weighted by atomic mass is 10.0. The highest BCUT2D eigenvalue weighted by atomic mass is 16.4. The maximum atomic E-state index is 10.6. The standard InChI is InChI=1S/C15H17N3.C9H8O4/c1-2-5-13(6-3-1)14-7-4-8-15(17-14)18-11-9-16-10-12-18;1-5-6(8(10)11)3-2-4-7(5)9(12)13/h1-8,16H,9-12H2;2-4H,1H3,(H,10,11)(H,12,13). The van der Waals surface area contributed by atoms with Crippen LogP contribution in [0.2, 0.25) is 0 Å². The third-order valence-electron chi connectivity index (χ3n) is 5.04. The quantitative estimate of drug-likeness (QED) is 0.594. The normalized spacial score (nSPS) is 13.1. The van der Waals surface area contributed by atoms with Crippen molar-refractivity contribution in [1.82, 2.24) is 10.3 Å². The maximum absolute atomic E-state index is 10.6. The fourth-order valence-corrected chi connectivity index (χ4v) is 3.36. The number of nitrogens with zero attached hydrogens (tertiary/aromatic N) is 2. The predicted molar refractivity (Wildman–Crippen MR) is 120 cm³/mol. The van der Waals surface area contributed by atoms with Gasteiger partial charge in [0.05, 0.1) is 16.8 Å². The van der Waals surface area contributed by atoms with Gasteiger partial charge in [-0.2, -0.15) is 0 Å². The van der Waals surface area contributed by atoms with Gasteiger partial charge in [0, 0.05) is 31.7 Å². The molecule has 1 saturated heterocycles. The molecule has 160 valence electrons. The van der Waals surface area contributed by atoms with Crippen molar-refractivity contribution in [3.8, 4) is 11.3 Å². The molecule has 0 saturated carbocycles. The van der Waals surface area contributed by atoms with Gasteiger partial charge in [-0.1, -0.05) is 42.5 Å². The summed E-state index contributed by atoms with van der Waals surface area (Å²) in [7, 11) is 0. The van der Waals surface area contributed by atoms with E-state index in [1.54, 1.807) is 0 Å². The van der Waals surface area contributed by atoms with Gasteiger partial charge < -0.3 is 20.4 Å². The molecule has 4 rings (SSSR count). The molecular weight excluding hydrogens is 394 g/mol. The Bertz CT molecular complexity index is 1020. The van der Waals surface area contributed by atoms with Crippen molar-refractivity contribution < 1.29 is 19.8 Å². The van der Waals surface area contributed by atoms with Gasteiger partial charge in [0.25, 0.3) is 0 Å². The Morgan fingerprint density at radius 3 is 2.00 bits per heavy atom. The predicted octanol–water partition coefficient (Wildman–Crippen LogP) is 3.55. The van der Waals surface area contributed by atoms with E-state index in [1.807, 2.05) is 6.07 Å². The Morgan fingerprint density at radius 1 is 0.839 bits per heavy atom. The lowest BCUT2D eigenvalue weighted by molar-refractivity contribution is 0.0696. The second-order valence-electron chi connectivity index (χ2n) is 7.07. The van der Waals surface area contributed by atoms with E-state index >= 15 is 0 Å². The number of nitrogens with one attached hydrogen (secondary N) is 1. The van der Waals surface area contributed by atoms with Gasteiger partial charge in [-0.05, 0) is 36.8 Å². The van der Waals surface area contributed by atoms with Crippen molar-refractivity contribution >= 4 is 17.8 Å². The maximum Gasteiger partial charge on any atom is 0.335 e. The number of carboxylic acid groups (broad SMARTS) is 2. The van der Waals surface area contributed by atoms with Crippen molar-refractivity contribution in [1.29, 1.82) is 0 Å². The summed E-state index contributed by atoms with van der Waals surface area (Å²) >= 11 is 0. The molecule has 1 fully saturated rings. The van der Waals surface area contributed by atoms with Crippen LogP contribution < -0.4 is 10.2 Å². The molecule has 0 radical (unpaired) electrons. The zero-order chi connectivity index (χ0) is 22.2. The highest BCUT2D eigenvalue weighted by Crippen LogP contribution is 2.20. The minimum Gasteiger partial charge on any atom is -0.478 e. The molecular formula is C24H25N3O4. The number of carbonyl (C=O) groups is 2. The van der Waals surface area contributed by atoms with E-state index in [0.717, 1.165) is 37.7 Å². The minimum absolute atomic E-state index is 0.0277. The van der Waals surface area contributed by atoms with Gasteiger partial charge in [0.15, 0.2) is 0 Å². The monoisotopic (exact) mass is 419 g/mol. The summed E-state index contributed by atoms with van der Waals surface area (Å²) in [5, 5.41) is 20.7. The van der Waals surface area contributed by atoms with Crippen molar-refractivity contribution in [2.75, 3.05) is 31.1 Å². The molecule has 7 nitrogen and oxygen atoms in total. The first-order valence-corrected chi connectivity index (χ1v) is 10.0. The Labute approximate surface area is 181 Å². The smallest absolute Gasteiger partial charge is 0.335 e. The van der Waals surface area contributed by atoms with Gasteiger partial charge in [0.2, 0.25) is 0 Å². The number of piperazine rings is 1. The Hall–Kier alpha value is -3.71. The van der Waals surface area contributed by atoms with Gasteiger partial charge in [-0.25, -0.2) is 14.6 Å². The van der Waals surface area contributed by atoms with Gasteiger partial charge in [0.1, 0.15) is 5.82 Å². The lowest BCUT2D eigenvalue weighted by Crippen LogP contribution is -2.43. The summed E-state index contributed by atoms with van der Waals surface area (Å²) in [6.07, 6.45) is 0. The van der Waals surface area contributed by atoms with Crippen molar-refractivity contribution in [3.05, 3.63) is 83.4 Å². The highest BCUT2D eigenvalue weighted by molar-refractivity contribution is 5.96. The molecule has 0 spiro atoms. The van der Waals surface area contributed by atoms with Crippen LogP contribution in [-0.4, -0.2) is 53.3 Å². The Kier molecular flexibility index (Phi) is 7.35. The summed E-state index contributed by atoms with van der Waals surface area (Å²) in [6.45, 7) is 5.62. The van der Waals surface area contributed by atoms with E-state index in [2.05, 4.69) is 52.7 Å². The Balaban J connectivity index is 0.000000187. The first-order chi connectivity index (χ1) is 15.0. The lowest BCUT2D eigenvalue weighted by Gasteiger charge is -2.28. The van der Waals surface area contributed by atoms with E-state index in [-0.39, 0.29) is 16.7 Å². The first kappa shape index (κ1) is 22.0. The van der Waals surface area contributed by atoms with Crippen LogP contribution >= 0.6 is 0 Å². The first-order valence-electron chi connectivity index (χ1n) is 10.0. The average Bonchev–Trinajstić information content (AvgIpc) is 2.80. The molecule has 0 aliphatic carbocycles. The number of carboxylic acids is 2. The summed E-state index contributed by atoms with van der Waals surface area (Å²) in [5.41, 5.74) is 2.56. The van der Waals surface area contributed by atoms with Gasteiger partial charge in [-0.15, -0.1) is 0 Å². The average molecular weight is 419 g/mol. The molecule has 1 aromatic heterocycles. The fourth-order valence-electron chi connectivity index (χ4n) is 3.36. The number of pyridine rings is 1. The molecule has 3 aromatic rings. The summed E-state index contributed by atoms with van der Waals surface area (Å²) in [4.78, 5) is 28.3. The second-order valence-corrected chi connectivity index (χ2v) is 7.07. The van der Waals surface area contributed by atoms with Crippen LogP contribution in [0.25, 0.3) is 11.3 Å². The van der Waals surface area contributed by atoms with Crippen LogP contribution in [0.5, 0.6) is 0 Å². The second kappa shape index (κ2) is 10.4. The van der Waals surface area contributed by atoms with Gasteiger partial charge in [-0.3, -0.25) is 0 Å². The summed E-state index contributed by atoms with van der Waals surface area (Å²) < 4.78 is 0. The number of benzene rings is 2. The number of hydrogen-bond donors (Lipinski definition) is 3. The molecule has 0 bridgehead atoms. The molecule has 2 aromatic carbocycles. The summed E-state index contributed by atoms with van der Waals surface area (Å²) in [5.74, 6) is -1.14. The molecule has 3 N–H and O–H groups in total. The Morgan fingerprint density at radius 2 is 1.42 bits per heavy atom. The number of rotatable bonds is 4. The minimum atomic E-state index is -1.11. The van der Waals surface area contributed by atoms with Crippen molar-refractivity contribution in [2.24, 2.45) is 0 Å². The number of aromatic carboxylic acids is 2. The number of aromatic nitrogens is 1. The van der Waals surface area contributed by atoms with Crippen LogP contribution in [0, 0.1) is 6.92 Å². The van der Waals surface area contributed by atoms with Crippen molar-refractivity contribution in [3.63, 3.8) is 0 Å². The van der Waals surface area contributed by atoms with E-state index in [0.29, 0.717) is 0 Å². The molecule has 0 amide bonds. The number of hydrogen-bond acceptors (Lipinski definition) is 5. The molecule has 0 unspecified atom stereocenters. The third-order valence-corrected chi connectivity index (χ3v) is 5.04. The molecule has 1 aliphatic rings. The van der Waals surface area contributed by atoms with Crippen LogP contribution in [-0.2, 0) is 0 Å². The van der Waals surface area contributed by atoms with Gasteiger partial charge >= 0.3 is 11.9 Å². The zero-order valence-corrected chi connectivity index (χ0v) is 17.3. The number of anilines is 1. The molecule has 2 heterocycles. The fraction of sp³-hybridized carbons (Fsp3) is 0.208. The SMILES string of the molecule is Cc1c(C(=O)O)cccc1C(=O)O.c1ccc(-c2cccc(N3CCNCC3)n2)cc1. The molecule has 31 heavy (non-hydrogen) atoms. The zero-order valence-electron chi connectivity index (χ0n) is 17.3. The molecule has 0 atom stereocenters. The largest absolute Gasteiger partial charge is 0.478 e.